The number of carbonyl (C=O) groups excluding carboxylic acids is 2. The molecule has 0 fully saturated rings. The Morgan fingerprint density at radius 3 is 2.14 bits per heavy atom. The highest BCUT2D eigenvalue weighted by atomic mass is 79.9. The number of hydrogen-bond donors (Lipinski definition) is 1. The van der Waals surface area contributed by atoms with Crippen LogP contribution < -0.4 is 14.9 Å². The van der Waals surface area contributed by atoms with Gasteiger partial charge in [-0.15, -0.1) is 0 Å². The molecule has 1 N–H and O–H groups in total. The number of rotatable bonds is 8. The van der Waals surface area contributed by atoms with E-state index in [-0.39, 0.29) is 33.6 Å². The summed E-state index contributed by atoms with van der Waals surface area (Å²) in [7, 11) is 0. The van der Waals surface area contributed by atoms with E-state index in [4.69, 9.17) is 9.47 Å². The molecule has 3 aromatic carbocycles. The number of nitro groups is 1. The minimum atomic E-state index is -0.685. The first kappa shape index (κ1) is 28.4. The number of ether oxygens (including phenoxy) is 2. The Bertz CT molecular complexity index is 1340. The number of esters is 1. The second kappa shape index (κ2) is 12.9. The smallest absolute Gasteiger partial charge is 0.343 e. The molecule has 0 aliphatic heterocycles. The summed E-state index contributed by atoms with van der Waals surface area (Å²) in [6.45, 7) is -0.361. The number of benzene rings is 3. The molecule has 0 saturated heterocycles. The quantitative estimate of drug-likeness (QED) is 0.0849. The highest BCUT2D eigenvalue weighted by molar-refractivity contribution is 9.11. The zero-order chi connectivity index (χ0) is 26.4. The number of carbonyl (C=O) groups is 2. The summed E-state index contributed by atoms with van der Waals surface area (Å²) in [5.74, 6) is -0.867. The molecule has 186 valence electrons. The third-order valence-electron chi connectivity index (χ3n) is 4.25. The third-order valence-corrected chi connectivity index (χ3v) is 7.00. The van der Waals surface area contributed by atoms with Gasteiger partial charge in [-0.3, -0.25) is 14.9 Å². The summed E-state index contributed by atoms with van der Waals surface area (Å²) >= 11 is 16.5. The number of hydrogen-bond acceptors (Lipinski definition) is 7. The fourth-order valence-electron chi connectivity index (χ4n) is 2.66. The van der Waals surface area contributed by atoms with Gasteiger partial charge >= 0.3 is 5.97 Å². The van der Waals surface area contributed by atoms with Crippen LogP contribution in [0.3, 0.4) is 0 Å². The van der Waals surface area contributed by atoms with Gasteiger partial charge in [-0.25, -0.2) is 10.2 Å². The van der Waals surface area contributed by atoms with Gasteiger partial charge in [0.1, 0.15) is 5.75 Å². The highest BCUT2D eigenvalue weighted by Gasteiger charge is 2.19. The molecule has 3 rings (SSSR count). The minimum Gasteiger partial charge on any atom is -0.481 e. The summed E-state index contributed by atoms with van der Waals surface area (Å²) in [6.07, 6.45) is 1.13. The van der Waals surface area contributed by atoms with Gasteiger partial charge in [0, 0.05) is 26.6 Å². The first-order valence-corrected chi connectivity index (χ1v) is 13.6. The Kier molecular flexibility index (Phi) is 10.2. The van der Waals surface area contributed by atoms with Crippen LogP contribution in [0.25, 0.3) is 0 Å². The van der Waals surface area contributed by atoms with E-state index in [1.54, 1.807) is 36.4 Å². The number of nitro benzene ring substituents is 1. The normalized spacial score (nSPS) is 10.8. The molecule has 0 aliphatic rings. The van der Waals surface area contributed by atoms with Crippen molar-refractivity contribution in [2.24, 2.45) is 5.10 Å². The van der Waals surface area contributed by atoms with Crippen molar-refractivity contribution < 1.29 is 24.0 Å². The fourth-order valence-corrected chi connectivity index (χ4v) is 5.95. The maximum Gasteiger partial charge on any atom is 0.343 e. The lowest BCUT2D eigenvalue weighted by Gasteiger charge is -2.11. The van der Waals surface area contributed by atoms with Gasteiger partial charge in [-0.1, -0.05) is 31.9 Å². The van der Waals surface area contributed by atoms with E-state index in [1.165, 1.54) is 6.07 Å². The topological polar surface area (TPSA) is 120 Å². The minimum absolute atomic E-state index is 0.00880. The van der Waals surface area contributed by atoms with Crippen molar-refractivity contribution in [3.8, 4) is 11.5 Å². The highest BCUT2D eigenvalue weighted by Crippen LogP contribution is 2.36. The predicted molar refractivity (Wildman–Crippen MR) is 151 cm³/mol. The molecule has 1 amide bonds. The van der Waals surface area contributed by atoms with Crippen molar-refractivity contribution in [2.75, 3.05) is 6.61 Å². The van der Waals surface area contributed by atoms with Gasteiger partial charge in [0.05, 0.1) is 30.1 Å². The lowest BCUT2D eigenvalue weighted by molar-refractivity contribution is -0.385. The molecule has 36 heavy (non-hydrogen) atoms. The molecule has 0 bridgehead atoms. The summed E-state index contributed by atoms with van der Waals surface area (Å²) in [4.78, 5) is 35.5. The van der Waals surface area contributed by atoms with E-state index in [1.807, 2.05) is 0 Å². The third kappa shape index (κ3) is 7.68. The van der Waals surface area contributed by atoms with Gasteiger partial charge in [0.2, 0.25) is 0 Å². The lowest BCUT2D eigenvalue weighted by Crippen LogP contribution is -2.24. The second-order valence-corrected chi connectivity index (χ2v) is 11.2. The van der Waals surface area contributed by atoms with Gasteiger partial charge in [0.15, 0.2) is 12.4 Å². The summed E-state index contributed by atoms with van der Waals surface area (Å²) in [5, 5.41) is 15.1. The van der Waals surface area contributed by atoms with Crippen molar-refractivity contribution in [3.63, 3.8) is 0 Å². The lowest BCUT2D eigenvalue weighted by atomic mass is 10.2. The molecule has 3 aromatic rings. The Balaban J connectivity index is 1.76. The van der Waals surface area contributed by atoms with E-state index in [0.29, 0.717) is 14.7 Å². The molecule has 9 nitrogen and oxygen atoms in total. The van der Waals surface area contributed by atoms with Crippen molar-refractivity contribution in [2.45, 2.75) is 0 Å². The zero-order valence-corrected chi connectivity index (χ0v) is 25.6. The molecule has 0 saturated carbocycles. The first-order chi connectivity index (χ1) is 17.0. The molecule has 0 radical (unpaired) electrons. The van der Waals surface area contributed by atoms with Crippen molar-refractivity contribution in [3.05, 3.63) is 92.1 Å². The van der Waals surface area contributed by atoms with Crippen LogP contribution in [0.2, 0.25) is 0 Å². The van der Waals surface area contributed by atoms with E-state index in [9.17, 15) is 19.7 Å². The first-order valence-electron chi connectivity index (χ1n) is 9.60. The molecule has 0 spiro atoms. The Morgan fingerprint density at radius 1 is 0.917 bits per heavy atom. The van der Waals surface area contributed by atoms with Crippen LogP contribution in [-0.4, -0.2) is 29.6 Å². The molecule has 0 atom stereocenters. The summed E-state index contributed by atoms with van der Waals surface area (Å²) in [5.41, 5.74) is 2.35. The van der Waals surface area contributed by atoms with E-state index < -0.39 is 16.8 Å². The number of nitrogens with one attached hydrogen (secondary N) is 1. The number of hydrazone groups is 1. The van der Waals surface area contributed by atoms with Crippen LogP contribution in [-0.2, 0) is 4.79 Å². The average Bonchev–Trinajstić information content (AvgIpc) is 2.80. The van der Waals surface area contributed by atoms with Crippen LogP contribution in [0, 0.1) is 10.1 Å². The second-order valence-electron chi connectivity index (χ2n) is 6.78. The molecule has 0 aliphatic carbocycles. The van der Waals surface area contributed by atoms with Gasteiger partial charge in [-0.05, 0) is 84.2 Å². The zero-order valence-electron chi connectivity index (χ0n) is 17.6. The summed E-state index contributed by atoms with van der Waals surface area (Å²) < 4.78 is 14.0. The molecular weight excluding hydrogens is 802 g/mol. The van der Waals surface area contributed by atoms with Crippen molar-refractivity contribution in [1.29, 1.82) is 0 Å². The van der Waals surface area contributed by atoms with Gasteiger partial charge in [0.25, 0.3) is 11.6 Å². The van der Waals surface area contributed by atoms with Crippen LogP contribution >= 0.6 is 79.6 Å². The molecule has 14 heteroatoms. The average molecular weight is 814 g/mol. The predicted octanol–water partition coefficient (Wildman–Crippen LogP) is 7.16. The molecule has 0 heterocycles. The molecular formula is C22H12Br5N3O6. The maximum atomic E-state index is 12.6. The van der Waals surface area contributed by atoms with E-state index in [2.05, 4.69) is 90.2 Å². The van der Waals surface area contributed by atoms with Crippen molar-refractivity contribution >= 4 is 103 Å². The largest absolute Gasteiger partial charge is 0.481 e. The van der Waals surface area contributed by atoms with Gasteiger partial charge < -0.3 is 9.47 Å². The van der Waals surface area contributed by atoms with Gasteiger partial charge in [-0.2, -0.15) is 5.10 Å². The monoisotopic (exact) mass is 809 g/mol. The van der Waals surface area contributed by atoms with E-state index in [0.717, 1.165) is 21.2 Å². The van der Waals surface area contributed by atoms with Crippen LogP contribution in [0.5, 0.6) is 11.5 Å². The van der Waals surface area contributed by atoms with Crippen LogP contribution in [0.1, 0.15) is 15.9 Å². The van der Waals surface area contributed by atoms with Crippen LogP contribution in [0.4, 0.5) is 5.69 Å². The summed E-state index contributed by atoms with van der Waals surface area (Å²) in [6, 6.07) is 12.3. The number of non-ortho nitro benzene ring substituents is 1. The number of amides is 1. The fraction of sp³-hybridized carbons (Fsp3) is 0.0455. The molecule has 0 aromatic heterocycles. The Labute approximate surface area is 246 Å². The number of nitrogens with zero attached hydrogens (tertiary/aromatic N) is 2. The van der Waals surface area contributed by atoms with Crippen LogP contribution in [0.15, 0.2) is 76.0 Å². The Morgan fingerprint density at radius 2 is 1.53 bits per heavy atom. The standard InChI is InChI=1S/C22H12Br5N3O6/c23-13-3-1-11(2-4-13)22(32)36-20-12(5-15(30(33)34)8-18(20)27)9-28-29-19(31)10-35-21-16(25)6-14(24)7-17(21)26/h1-9H,10H2,(H,29,31)/b28-9+. The molecule has 0 unspecified atom stereocenters. The van der Waals surface area contributed by atoms with Crippen molar-refractivity contribution in [1.82, 2.24) is 5.43 Å². The SMILES string of the molecule is O=C(COc1c(Br)cc(Br)cc1Br)N/N=C/c1cc([N+](=O)[O-])cc(Br)c1OC(=O)c1ccc(Br)cc1. The maximum absolute atomic E-state index is 12.6. The number of halogens is 5. The van der Waals surface area contributed by atoms with E-state index >= 15 is 0 Å². The Hall–Kier alpha value is -2.13.